The number of benzene rings is 1. The highest BCUT2D eigenvalue weighted by Crippen LogP contribution is 2.41. The van der Waals surface area contributed by atoms with E-state index in [1.54, 1.807) is 13.1 Å². The molecule has 0 saturated carbocycles. The zero-order valence-electron chi connectivity index (χ0n) is 7.65. The molecule has 0 aliphatic heterocycles. The Morgan fingerprint density at radius 3 is 2.64 bits per heavy atom. The standard InChI is InChI=1S/C10H10F3N/c1-14-9-5-7-6(9)3-2-4-8(7)10(11,12)13/h2-4,9,14H,5H2,1H3. The van der Waals surface area contributed by atoms with Crippen LogP contribution in [0.25, 0.3) is 0 Å². The molecular formula is C10H10F3N. The summed E-state index contributed by atoms with van der Waals surface area (Å²) in [6.07, 6.45) is -3.74. The maximum absolute atomic E-state index is 12.5. The first kappa shape index (κ1) is 9.52. The highest BCUT2D eigenvalue weighted by atomic mass is 19.4. The summed E-state index contributed by atoms with van der Waals surface area (Å²) >= 11 is 0. The number of halogens is 3. The summed E-state index contributed by atoms with van der Waals surface area (Å²) in [5, 5.41) is 2.97. The fourth-order valence-electron chi connectivity index (χ4n) is 1.87. The van der Waals surface area contributed by atoms with Gasteiger partial charge in [0.05, 0.1) is 5.56 Å². The summed E-state index contributed by atoms with van der Waals surface area (Å²) in [5.41, 5.74) is 0.739. The van der Waals surface area contributed by atoms with E-state index in [1.165, 1.54) is 6.07 Å². The van der Waals surface area contributed by atoms with Crippen LogP contribution in [0.4, 0.5) is 13.2 Å². The third-order valence-corrected chi connectivity index (χ3v) is 2.65. The van der Waals surface area contributed by atoms with Crippen LogP contribution in [0.5, 0.6) is 0 Å². The quantitative estimate of drug-likeness (QED) is 0.736. The van der Waals surface area contributed by atoms with Gasteiger partial charge >= 0.3 is 6.18 Å². The first-order valence-electron chi connectivity index (χ1n) is 4.40. The van der Waals surface area contributed by atoms with Crippen molar-refractivity contribution in [1.82, 2.24) is 5.32 Å². The Labute approximate surface area is 79.9 Å². The molecule has 0 aromatic heterocycles. The molecule has 1 aromatic carbocycles. The predicted molar refractivity (Wildman–Crippen MR) is 46.9 cm³/mol. The van der Waals surface area contributed by atoms with Gasteiger partial charge in [-0.1, -0.05) is 12.1 Å². The largest absolute Gasteiger partial charge is 0.416 e. The molecule has 1 atom stereocenters. The lowest BCUT2D eigenvalue weighted by atomic mass is 9.80. The van der Waals surface area contributed by atoms with Gasteiger partial charge < -0.3 is 5.32 Å². The van der Waals surface area contributed by atoms with E-state index >= 15 is 0 Å². The second kappa shape index (κ2) is 2.98. The Morgan fingerprint density at radius 1 is 1.36 bits per heavy atom. The number of alkyl halides is 3. The summed E-state index contributed by atoms with van der Waals surface area (Å²) in [5.74, 6) is 0. The van der Waals surface area contributed by atoms with Gasteiger partial charge in [-0.15, -0.1) is 0 Å². The van der Waals surface area contributed by atoms with E-state index in [2.05, 4.69) is 5.32 Å². The number of hydrogen-bond donors (Lipinski definition) is 1. The van der Waals surface area contributed by atoms with Crippen molar-refractivity contribution in [2.24, 2.45) is 0 Å². The molecule has 1 aliphatic rings. The van der Waals surface area contributed by atoms with Crippen molar-refractivity contribution in [1.29, 1.82) is 0 Å². The van der Waals surface area contributed by atoms with Crippen molar-refractivity contribution in [3.63, 3.8) is 0 Å². The predicted octanol–water partition coefficient (Wildman–Crippen LogP) is 2.52. The Bertz CT molecular complexity index is 357. The molecule has 0 spiro atoms. The van der Waals surface area contributed by atoms with Gasteiger partial charge in [0.2, 0.25) is 0 Å². The van der Waals surface area contributed by atoms with E-state index in [-0.39, 0.29) is 6.04 Å². The lowest BCUT2D eigenvalue weighted by molar-refractivity contribution is -0.138. The average Bonchev–Trinajstić information content (AvgIpc) is 2.05. The van der Waals surface area contributed by atoms with Crippen molar-refractivity contribution in [2.45, 2.75) is 18.6 Å². The fourth-order valence-corrected chi connectivity index (χ4v) is 1.87. The second-order valence-electron chi connectivity index (χ2n) is 3.42. The maximum Gasteiger partial charge on any atom is 0.416 e. The Balaban J connectivity index is 2.43. The number of rotatable bonds is 1. The highest BCUT2D eigenvalue weighted by Gasteiger charge is 2.38. The average molecular weight is 201 g/mol. The molecule has 0 saturated heterocycles. The van der Waals surface area contributed by atoms with Gasteiger partial charge in [0.15, 0.2) is 0 Å². The van der Waals surface area contributed by atoms with Crippen LogP contribution in [0, 0.1) is 0 Å². The van der Waals surface area contributed by atoms with Crippen molar-refractivity contribution in [3.05, 3.63) is 34.9 Å². The Morgan fingerprint density at radius 2 is 2.07 bits per heavy atom. The second-order valence-corrected chi connectivity index (χ2v) is 3.42. The lowest BCUT2D eigenvalue weighted by Gasteiger charge is -2.32. The summed E-state index contributed by atoms with van der Waals surface area (Å²) in [6, 6.07) is 4.44. The van der Waals surface area contributed by atoms with Crippen molar-refractivity contribution in [2.75, 3.05) is 7.05 Å². The van der Waals surface area contributed by atoms with Crippen LogP contribution in [-0.2, 0) is 12.6 Å². The molecule has 76 valence electrons. The molecule has 0 fully saturated rings. The molecule has 4 heteroatoms. The van der Waals surface area contributed by atoms with Gasteiger partial charge in [-0.25, -0.2) is 0 Å². The van der Waals surface area contributed by atoms with Crippen molar-refractivity contribution < 1.29 is 13.2 Å². The molecule has 0 amide bonds. The Kier molecular flexibility index (Phi) is 2.03. The van der Waals surface area contributed by atoms with Gasteiger partial charge in [-0.2, -0.15) is 13.2 Å². The molecule has 14 heavy (non-hydrogen) atoms. The highest BCUT2D eigenvalue weighted by molar-refractivity contribution is 5.46. The monoisotopic (exact) mass is 201 g/mol. The third kappa shape index (κ3) is 1.30. The number of nitrogens with one attached hydrogen (secondary N) is 1. The van der Waals surface area contributed by atoms with Crippen LogP contribution in [0.3, 0.4) is 0 Å². The van der Waals surface area contributed by atoms with E-state index in [1.807, 2.05) is 0 Å². The Hall–Kier alpha value is -1.03. The first-order valence-corrected chi connectivity index (χ1v) is 4.40. The van der Waals surface area contributed by atoms with E-state index in [9.17, 15) is 13.2 Å². The first-order chi connectivity index (χ1) is 6.54. The molecule has 1 nitrogen and oxygen atoms in total. The minimum atomic E-state index is -4.22. The molecule has 0 radical (unpaired) electrons. The van der Waals surface area contributed by atoms with Crippen LogP contribution in [0.2, 0.25) is 0 Å². The molecule has 1 aromatic rings. The fraction of sp³-hybridized carbons (Fsp3) is 0.400. The molecule has 1 aliphatic carbocycles. The van der Waals surface area contributed by atoms with Gasteiger partial charge in [-0.05, 0) is 30.7 Å². The molecule has 0 bridgehead atoms. The molecule has 2 rings (SSSR count). The van der Waals surface area contributed by atoms with Gasteiger partial charge in [-0.3, -0.25) is 0 Å². The van der Waals surface area contributed by atoms with Crippen molar-refractivity contribution >= 4 is 0 Å². The smallest absolute Gasteiger partial charge is 0.313 e. The molecule has 0 heterocycles. The van der Waals surface area contributed by atoms with Crippen molar-refractivity contribution in [3.8, 4) is 0 Å². The topological polar surface area (TPSA) is 12.0 Å². The summed E-state index contributed by atoms with van der Waals surface area (Å²) in [4.78, 5) is 0. The summed E-state index contributed by atoms with van der Waals surface area (Å²) in [7, 11) is 1.76. The van der Waals surface area contributed by atoms with Gasteiger partial charge in [0.1, 0.15) is 0 Å². The number of likely N-dealkylation sites (N-methyl/N-ethyl adjacent to an activating group) is 1. The van der Waals surface area contributed by atoms with Crippen LogP contribution in [0.15, 0.2) is 18.2 Å². The minimum absolute atomic E-state index is 0.0901. The van der Waals surface area contributed by atoms with Crippen LogP contribution in [0.1, 0.15) is 22.7 Å². The molecule has 1 unspecified atom stereocenters. The summed E-state index contributed by atoms with van der Waals surface area (Å²) < 4.78 is 37.4. The zero-order valence-corrected chi connectivity index (χ0v) is 7.65. The van der Waals surface area contributed by atoms with Gasteiger partial charge in [0, 0.05) is 6.04 Å². The van der Waals surface area contributed by atoms with E-state index in [0.717, 1.165) is 11.6 Å². The minimum Gasteiger partial charge on any atom is -0.313 e. The number of fused-ring (bicyclic) bond motifs is 1. The van der Waals surface area contributed by atoms with Crippen LogP contribution >= 0.6 is 0 Å². The lowest BCUT2D eigenvalue weighted by Crippen LogP contribution is -2.31. The number of hydrogen-bond acceptors (Lipinski definition) is 1. The van der Waals surface area contributed by atoms with E-state index in [4.69, 9.17) is 0 Å². The summed E-state index contributed by atoms with van der Waals surface area (Å²) in [6.45, 7) is 0. The third-order valence-electron chi connectivity index (χ3n) is 2.65. The zero-order chi connectivity index (χ0) is 10.3. The molecule has 1 N–H and O–H groups in total. The van der Waals surface area contributed by atoms with E-state index in [0.29, 0.717) is 12.0 Å². The SMILES string of the molecule is CNC1Cc2c1cccc2C(F)(F)F. The molecular weight excluding hydrogens is 191 g/mol. The normalized spacial score (nSPS) is 20.1. The van der Waals surface area contributed by atoms with E-state index < -0.39 is 11.7 Å². The van der Waals surface area contributed by atoms with Crippen LogP contribution in [-0.4, -0.2) is 7.05 Å². The van der Waals surface area contributed by atoms with Gasteiger partial charge in [0.25, 0.3) is 0 Å². The maximum atomic E-state index is 12.5. The van der Waals surface area contributed by atoms with Crippen LogP contribution < -0.4 is 5.32 Å².